The smallest absolute Gasteiger partial charge is 0.330 e. The number of hydrogen-bond donors (Lipinski definition) is 1. The molecule has 1 aromatic carbocycles. The normalized spacial score (nSPS) is 12.9. The van der Waals surface area contributed by atoms with Crippen molar-refractivity contribution >= 4 is 31.7 Å². The number of benzene rings is 1. The van der Waals surface area contributed by atoms with Crippen molar-refractivity contribution in [2.75, 3.05) is 0 Å². The average Bonchev–Trinajstić information content (AvgIpc) is 2.71. The van der Waals surface area contributed by atoms with Crippen molar-refractivity contribution in [2.45, 2.75) is 38.6 Å². The van der Waals surface area contributed by atoms with Crippen LogP contribution in [0.1, 0.15) is 27.7 Å². The van der Waals surface area contributed by atoms with Gasteiger partial charge in [0, 0.05) is 11.0 Å². The van der Waals surface area contributed by atoms with Crippen LogP contribution in [0.15, 0.2) is 24.4 Å². The fraction of sp³-hybridized carbons (Fsp3) is 0.462. The standard InChI is InChI=1S/C13H17B2N2O/c1-12(2,14)13(3,4)18-15-10-5-6-11-9(7-10)8-16-17-11/h5-8H,1-4H3,(H,16,17). The third-order valence-corrected chi connectivity index (χ3v) is 3.51. The zero-order chi connectivity index (χ0) is 13.4. The molecule has 3 nitrogen and oxygen atoms in total. The molecule has 1 heterocycles. The van der Waals surface area contributed by atoms with Gasteiger partial charge in [-0.2, -0.15) is 5.10 Å². The Morgan fingerprint density at radius 3 is 2.67 bits per heavy atom. The first-order valence-electron chi connectivity index (χ1n) is 6.03. The monoisotopic (exact) mass is 239 g/mol. The van der Waals surface area contributed by atoms with Crippen molar-refractivity contribution in [1.82, 2.24) is 10.2 Å². The molecular formula is C13H17B2N2O. The molecule has 0 amide bonds. The van der Waals surface area contributed by atoms with Crippen LogP contribution in [-0.2, 0) is 4.65 Å². The van der Waals surface area contributed by atoms with E-state index < -0.39 is 10.9 Å². The van der Waals surface area contributed by atoms with E-state index in [-0.39, 0.29) is 0 Å². The van der Waals surface area contributed by atoms with Crippen LogP contribution in [0.2, 0.25) is 5.31 Å². The molecule has 0 aliphatic carbocycles. The summed E-state index contributed by atoms with van der Waals surface area (Å²) in [6.07, 6.45) is 1.80. The average molecular weight is 239 g/mol. The van der Waals surface area contributed by atoms with Crippen LogP contribution >= 0.6 is 0 Å². The summed E-state index contributed by atoms with van der Waals surface area (Å²) >= 11 is 0. The summed E-state index contributed by atoms with van der Waals surface area (Å²) < 4.78 is 5.82. The molecule has 0 saturated carbocycles. The molecule has 1 N–H and O–H groups in total. The van der Waals surface area contributed by atoms with Gasteiger partial charge in [0.25, 0.3) is 0 Å². The van der Waals surface area contributed by atoms with Crippen LogP contribution in [0, 0.1) is 0 Å². The lowest BCUT2D eigenvalue weighted by molar-refractivity contribution is 0.0767. The molecule has 1 aromatic heterocycles. The van der Waals surface area contributed by atoms with Gasteiger partial charge in [-0.05, 0) is 25.2 Å². The maximum atomic E-state index is 6.09. The van der Waals surface area contributed by atoms with Crippen molar-refractivity contribution in [3.05, 3.63) is 24.4 Å². The lowest BCUT2D eigenvalue weighted by Crippen LogP contribution is -2.40. The van der Waals surface area contributed by atoms with E-state index in [1.807, 2.05) is 45.9 Å². The molecule has 3 radical (unpaired) electrons. The zero-order valence-electron chi connectivity index (χ0n) is 11.3. The molecule has 2 aromatic rings. The van der Waals surface area contributed by atoms with Crippen molar-refractivity contribution in [3.63, 3.8) is 0 Å². The fourth-order valence-corrected chi connectivity index (χ4v) is 1.40. The predicted molar refractivity (Wildman–Crippen MR) is 76.4 cm³/mol. The summed E-state index contributed by atoms with van der Waals surface area (Å²) in [5.41, 5.74) is 1.59. The van der Waals surface area contributed by atoms with Gasteiger partial charge in [-0.15, -0.1) is 0 Å². The van der Waals surface area contributed by atoms with E-state index in [0.717, 1.165) is 16.4 Å². The van der Waals surface area contributed by atoms with Gasteiger partial charge in [0.1, 0.15) is 0 Å². The van der Waals surface area contributed by atoms with Gasteiger partial charge < -0.3 is 4.65 Å². The quantitative estimate of drug-likeness (QED) is 0.828. The number of nitrogens with one attached hydrogen (secondary N) is 1. The van der Waals surface area contributed by atoms with E-state index in [1.54, 1.807) is 13.7 Å². The van der Waals surface area contributed by atoms with Crippen molar-refractivity contribution < 1.29 is 4.65 Å². The number of aromatic amines is 1. The Bertz CT molecular complexity index is 543. The Balaban J connectivity index is 2.10. The lowest BCUT2D eigenvalue weighted by Gasteiger charge is -2.39. The van der Waals surface area contributed by atoms with Crippen LogP contribution in [0.3, 0.4) is 0 Å². The summed E-state index contributed by atoms with van der Waals surface area (Å²) in [6, 6.07) is 6.00. The molecule has 0 aliphatic heterocycles. The van der Waals surface area contributed by atoms with Crippen LogP contribution in [0.5, 0.6) is 0 Å². The predicted octanol–water partition coefficient (Wildman–Crippen LogP) is 1.97. The van der Waals surface area contributed by atoms with E-state index in [1.165, 1.54) is 0 Å². The Hall–Kier alpha value is -1.22. The SMILES string of the molecule is [B]C(C)(C)C(C)(C)O[B]c1ccc2[nH]ncc2c1. The van der Waals surface area contributed by atoms with E-state index in [0.29, 0.717) is 0 Å². The highest BCUT2D eigenvalue weighted by molar-refractivity contribution is 6.47. The molecule has 2 rings (SSSR count). The molecule has 0 unspecified atom stereocenters. The zero-order valence-corrected chi connectivity index (χ0v) is 11.3. The first-order chi connectivity index (χ1) is 8.29. The fourth-order valence-electron chi connectivity index (χ4n) is 1.40. The minimum atomic E-state index is -0.432. The summed E-state index contributed by atoms with van der Waals surface area (Å²) in [4.78, 5) is 0. The Kier molecular flexibility index (Phi) is 3.28. The second kappa shape index (κ2) is 4.47. The number of rotatable bonds is 4. The molecule has 0 aliphatic rings. The first kappa shape index (κ1) is 13.2. The van der Waals surface area contributed by atoms with E-state index >= 15 is 0 Å². The molecule has 5 heteroatoms. The van der Waals surface area contributed by atoms with Crippen molar-refractivity contribution in [1.29, 1.82) is 0 Å². The van der Waals surface area contributed by atoms with Crippen LogP contribution in [0.25, 0.3) is 10.9 Å². The molecule has 91 valence electrons. The highest BCUT2D eigenvalue weighted by atomic mass is 16.5. The molecule has 0 bridgehead atoms. The minimum Gasteiger partial charge on any atom is -0.430 e. The van der Waals surface area contributed by atoms with Crippen LogP contribution in [0.4, 0.5) is 0 Å². The van der Waals surface area contributed by atoms with Gasteiger partial charge in [-0.1, -0.05) is 31.4 Å². The van der Waals surface area contributed by atoms with Crippen molar-refractivity contribution in [2.24, 2.45) is 0 Å². The molecule has 18 heavy (non-hydrogen) atoms. The lowest BCUT2D eigenvalue weighted by atomic mass is 9.61. The Labute approximate surface area is 110 Å². The highest BCUT2D eigenvalue weighted by Gasteiger charge is 2.32. The Morgan fingerprint density at radius 2 is 2.00 bits per heavy atom. The third-order valence-electron chi connectivity index (χ3n) is 3.51. The highest BCUT2D eigenvalue weighted by Crippen LogP contribution is 2.36. The largest absolute Gasteiger partial charge is 0.430 e. The maximum absolute atomic E-state index is 6.09. The molecular weight excluding hydrogens is 222 g/mol. The molecule has 0 atom stereocenters. The second-order valence-corrected chi connectivity index (χ2v) is 5.68. The van der Waals surface area contributed by atoms with E-state index in [2.05, 4.69) is 10.2 Å². The number of aromatic nitrogens is 2. The summed E-state index contributed by atoms with van der Waals surface area (Å²) in [6.45, 7) is 7.89. The van der Waals surface area contributed by atoms with Crippen molar-refractivity contribution in [3.8, 4) is 0 Å². The van der Waals surface area contributed by atoms with E-state index in [9.17, 15) is 0 Å². The molecule has 0 fully saturated rings. The van der Waals surface area contributed by atoms with Gasteiger partial charge >= 0.3 is 7.48 Å². The van der Waals surface area contributed by atoms with Gasteiger partial charge in [0.2, 0.25) is 0 Å². The first-order valence-corrected chi connectivity index (χ1v) is 6.03. The molecule has 0 saturated heterocycles. The van der Waals surface area contributed by atoms with Gasteiger partial charge in [0.05, 0.1) is 19.6 Å². The van der Waals surface area contributed by atoms with Gasteiger partial charge in [-0.25, -0.2) is 0 Å². The third kappa shape index (κ3) is 2.61. The minimum absolute atomic E-state index is 0.413. The number of hydrogen-bond acceptors (Lipinski definition) is 2. The Morgan fingerprint density at radius 1 is 1.28 bits per heavy atom. The number of nitrogens with zero attached hydrogens (tertiary/aromatic N) is 1. The molecule has 0 spiro atoms. The maximum Gasteiger partial charge on any atom is 0.330 e. The van der Waals surface area contributed by atoms with E-state index in [4.69, 9.17) is 12.5 Å². The van der Waals surface area contributed by atoms with Crippen LogP contribution < -0.4 is 5.46 Å². The van der Waals surface area contributed by atoms with Crippen LogP contribution in [-0.4, -0.2) is 31.1 Å². The summed E-state index contributed by atoms with van der Waals surface area (Å²) in [7, 11) is 7.84. The summed E-state index contributed by atoms with van der Waals surface area (Å²) in [5, 5.41) is 7.56. The van der Waals surface area contributed by atoms with Gasteiger partial charge in [0.15, 0.2) is 0 Å². The second-order valence-electron chi connectivity index (χ2n) is 5.68. The number of fused-ring (bicyclic) bond motifs is 1. The summed E-state index contributed by atoms with van der Waals surface area (Å²) in [5.74, 6) is 0. The number of H-pyrrole nitrogens is 1. The topological polar surface area (TPSA) is 37.9 Å². The van der Waals surface area contributed by atoms with Gasteiger partial charge in [-0.3, -0.25) is 5.10 Å².